The molecule has 0 saturated carbocycles. The van der Waals surface area contributed by atoms with Gasteiger partial charge in [-0.15, -0.1) is 0 Å². The molecule has 0 N–H and O–H groups in total. The average Bonchev–Trinajstić information content (AvgIpc) is 2.40. The number of hydrogen-bond donors (Lipinski definition) is 0. The van der Waals surface area contributed by atoms with E-state index in [0.717, 1.165) is 18.3 Å². The molecule has 1 fully saturated rings. The van der Waals surface area contributed by atoms with E-state index in [2.05, 4.69) is 11.8 Å². The molecule has 1 aliphatic heterocycles. The molecule has 0 aromatic heterocycles. The fourth-order valence-corrected chi connectivity index (χ4v) is 2.81. The van der Waals surface area contributed by atoms with E-state index in [0.29, 0.717) is 12.2 Å². The minimum atomic E-state index is 0.130. The Morgan fingerprint density at radius 1 is 1.57 bits per heavy atom. The highest BCUT2D eigenvalue weighted by Crippen LogP contribution is 2.20. The second kappa shape index (κ2) is 5.76. The summed E-state index contributed by atoms with van der Waals surface area (Å²) in [5, 5.41) is 0.754. The number of hydrogen-bond acceptors (Lipinski definition) is 3. The van der Waals surface area contributed by atoms with Crippen molar-refractivity contribution in [2.75, 3.05) is 18.8 Å². The molecular weight excluding hydrogens is 194 g/mol. The van der Waals surface area contributed by atoms with Gasteiger partial charge in [-0.1, -0.05) is 13.8 Å². The minimum Gasteiger partial charge on any atom is -0.298 e. The van der Waals surface area contributed by atoms with Crippen molar-refractivity contribution < 1.29 is 4.79 Å². The highest BCUT2D eigenvalue weighted by atomic mass is 32.2. The van der Waals surface area contributed by atoms with Gasteiger partial charge >= 0.3 is 0 Å². The average molecular weight is 215 g/mol. The number of thioether (sulfide) groups is 1. The molecule has 0 radical (unpaired) electrons. The van der Waals surface area contributed by atoms with Crippen molar-refractivity contribution in [1.82, 2.24) is 4.90 Å². The fraction of sp³-hybridized carbons (Fsp3) is 0.909. The van der Waals surface area contributed by atoms with Crippen LogP contribution in [0.3, 0.4) is 0 Å². The fourth-order valence-electron chi connectivity index (χ4n) is 1.80. The van der Waals surface area contributed by atoms with Gasteiger partial charge in [0.2, 0.25) is 0 Å². The largest absolute Gasteiger partial charge is 0.298 e. The molecule has 0 aromatic carbocycles. The summed E-state index contributed by atoms with van der Waals surface area (Å²) in [7, 11) is 0. The van der Waals surface area contributed by atoms with E-state index in [1.165, 1.54) is 12.2 Å². The van der Waals surface area contributed by atoms with Crippen LogP contribution in [0, 0.1) is 0 Å². The number of Topliss-reactive ketones (excluding diaryl/α,β-unsaturated/α-hetero) is 1. The Kier molecular flexibility index (Phi) is 4.96. The smallest absolute Gasteiger partial charge is 0.149 e. The summed E-state index contributed by atoms with van der Waals surface area (Å²) >= 11 is 2.03. The zero-order chi connectivity index (χ0) is 10.6. The molecule has 2 atom stereocenters. The van der Waals surface area contributed by atoms with Gasteiger partial charge in [-0.3, -0.25) is 9.69 Å². The van der Waals surface area contributed by atoms with Crippen LogP contribution in [0.1, 0.15) is 33.6 Å². The number of ketones is 1. The van der Waals surface area contributed by atoms with E-state index in [-0.39, 0.29) is 6.04 Å². The molecule has 1 aliphatic rings. The van der Waals surface area contributed by atoms with Crippen LogP contribution in [0.25, 0.3) is 0 Å². The van der Waals surface area contributed by atoms with Crippen molar-refractivity contribution in [2.24, 2.45) is 0 Å². The maximum Gasteiger partial charge on any atom is 0.149 e. The van der Waals surface area contributed by atoms with Crippen LogP contribution in [-0.4, -0.2) is 40.8 Å². The zero-order valence-corrected chi connectivity index (χ0v) is 10.3. The lowest BCUT2D eigenvalue weighted by atomic mass is 10.1. The molecule has 0 bridgehead atoms. The molecule has 0 aromatic rings. The normalized spacial score (nSPS) is 26.9. The molecule has 2 nitrogen and oxygen atoms in total. The molecule has 0 aliphatic carbocycles. The maximum absolute atomic E-state index is 11.6. The predicted octanol–water partition coefficient (Wildman–Crippen LogP) is 2.18. The van der Waals surface area contributed by atoms with E-state index in [1.54, 1.807) is 0 Å². The van der Waals surface area contributed by atoms with E-state index >= 15 is 0 Å². The van der Waals surface area contributed by atoms with Gasteiger partial charge in [0, 0.05) is 24.0 Å². The summed E-state index contributed by atoms with van der Waals surface area (Å²) in [5.41, 5.74) is 0. The number of rotatable bonds is 3. The van der Waals surface area contributed by atoms with Crippen molar-refractivity contribution in [1.29, 1.82) is 0 Å². The molecule has 14 heavy (non-hydrogen) atoms. The Hall–Kier alpha value is -0.0200. The Morgan fingerprint density at radius 3 is 2.93 bits per heavy atom. The Bertz CT molecular complexity index is 196. The Balaban J connectivity index is 2.46. The van der Waals surface area contributed by atoms with Gasteiger partial charge < -0.3 is 0 Å². The van der Waals surface area contributed by atoms with E-state index in [1.807, 2.05) is 25.6 Å². The number of nitrogens with zero attached hydrogens (tertiary/aromatic N) is 1. The van der Waals surface area contributed by atoms with Gasteiger partial charge in [0.15, 0.2) is 0 Å². The molecule has 1 heterocycles. The lowest BCUT2D eigenvalue weighted by Crippen LogP contribution is -2.40. The molecule has 0 amide bonds. The molecule has 82 valence electrons. The van der Waals surface area contributed by atoms with E-state index in [9.17, 15) is 4.79 Å². The Morgan fingerprint density at radius 2 is 2.29 bits per heavy atom. The first kappa shape index (κ1) is 12.1. The van der Waals surface area contributed by atoms with Crippen LogP contribution in [0.5, 0.6) is 0 Å². The van der Waals surface area contributed by atoms with Crippen molar-refractivity contribution in [2.45, 2.75) is 44.9 Å². The topological polar surface area (TPSA) is 20.3 Å². The molecule has 2 unspecified atom stereocenters. The van der Waals surface area contributed by atoms with Gasteiger partial charge in [0.1, 0.15) is 5.78 Å². The summed E-state index contributed by atoms with van der Waals surface area (Å²) < 4.78 is 0. The van der Waals surface area contributed by atoms with Gasteiger partial charge in [-0.25, -0.2) is 0 Å². The van der Waals surface area contributed by atoms with Crippen molar-refractivity contribution >= 4 is 17.5 Å². The van der Waals surface area contributed by atoms with E-state index < -0.39 is 0 Å². The Labute approximate surface area is 91.4 Å². The minimum absolute atomic E-state index is 0.130. The monoisotopic (exact) mass is 215 g/mol. The van der Waals surface area contributed by atoms with Crippen molar-refractivity contribution in [3.05, 3.63) is 0 Å². The summed E-state index contributed by atoms with van der Waals surface area (Å²) in [4.78, 5) is 13.9. The second-order valence-electron chi connectivity index (χ2n) is 4.00. The lowest BCUT2D eigenvalue weighted by Gasteiger charge is -2.25. The van der Waals surface area contributed by atoms with Gasteiger partial charge in [-0.2, -0.15) is 11.8 Å². The van der Waals surface area contributed by atoms with Crippen LogP contribution in [0.4, 0.5) is 0 Å². The third-order valence-electron chi connectivity index (χ3n) is 2.97. The standard InChI is InChI=1S/C11H21NOS/c1-4-11(13)10(3)12-6-5-9(2)14-8-7-12/h9-10H,4-8H2,1-3H3. The summed E-state index contributed by atoms with van der Waals surface area (Å²) in [6.45, 7) is 8.43. The van der Waals surface area contributed by atoms with Crippen LogP contribution >= 0.6 is 11.8 Å². The highest BCUT2D eigenvalue weighted by molar-refractivity contribution is 7.99. The van der Waals surface area contributed by atoms with Gasteiger partial charge in [0.05, 0.1) is 6.04 Å². The number of carbonyl (C=O) groups is 1. The van der Waals surface area contributed by atoms with E-state index in [4.69, 9.17) is 0 Å². The highest BCUT2D eigenvalue weighted by Gasteiger charge is 2.22. The van der Waals surface area contributed by atoms with Crippen LogP contribution in [-0.2, 0) is 4.79 Å². The summed E-state index contributed by atoms with van der Waals surface area (Å²) in [6, 6.07) is 0.130. The molecule has 1 saturated heterocycles. The second-order valence-corrected chi connectivity index (χ2v) is 5.55. The molecule has 1 rings (SSSR count). The summed E-state index contributed by atoms with van der Waals surface area (Å²) in [5.74, 6) is 1.55. The maximum atomic E-state index is 11.6. The SMILES string of the molecule is CCC(=O)C(C)N1CCSC(C)CC1. The zero-order valence-electron chi connectivity index (χ0n) is 9.45. The van der Waals surface area contributed by atoms with Crippen LogP contribution < -0.4 is 0 Å². The quantitative estimate of drug-likeness (QED) is 0.720. The molecule has 0 spiro atoms. The first-order chi connectivity index (χ1) is 6.65. The lowest BCUT2D eigenvalue weighted by molar-refractivity contribution is -0.123. The van der Waals surface area contributed by atoms with Crippen LogP contribution in [0.2, 0.25) is 0 Å². The van der Waals surface area contributed by atoms with Gasteiger partial charge in [0.25, 0.3) is 0 Å². The third kappa shape index (κ3) is 3.28. The number of carbonyl (C=O) groups excluding carboxylic acids is 1. The van der Waals surface area contributed by atoms with Gasteiger partial charge in [-0.05, 0) is 19.9 Å². The predicted molar refractivity (Wildman–Crippen MR) is 62.9 cm³/mol. The van der Waals surface area contributed by atoms with Crippen molar-refractivity contribution in [3.8, 4) is 0 Å². The molecular formula is C11H21NOS. The van der Waals surface area contributed by atoms with Crippen LogP contribution in [0.15, 0.2) is 0 Å². The first-order valence-corrected chi connectivity index (χ1v) is 6.58. The summed E-state index contributed by atoms with van der Waals surface area (Å²) in [6.07, 6.45) is 1.88. The van der Waals surface area contributed by atoms with Crippen molar-refractivity contribution in [3.63, 3.8) is 0 Å². The third-order valence-corrected chi connectivity index (χ3v) is 4.19. The first-order valence-electron chi connectivity index (χ1n) is 5.53. The molecule has 3 heteroatoms.